The molecule has 0 unspecified atom stereocenters. The molecule has 0 aliphatic rings. The smallest absolute Gasteiger partial charge is 0.352 e. The van der Waals surface area contributed by atoms with Crippen molar-refractivity contribution in [3.05, 3.63) is 69.0 Å². The highest BCUT2D eigenvalue weighted by atomic mass is 35.5. The monoisotopic (exact) mass is 313 g/mol. The number of rotatable bonds is 2. The van der Waals surface area contributed by atoms with E-state index in [1.807, 2.05) is 30.3 Å². The van der Waals surface area contributed by atoms with Crippen LogP contribution < -0.4 is 5.43 Å². The molecule has 1 aromatic heterocycles. The zero-order valence-electron chi connectivity index (χ0n) is 11.7. The Morgan fingerprint density at radius 1 is 1.14 bits per heavy atom. The van der Waals surface area contributed by atoms with Crippen molar-refractivity contribution >= 4 is 28.5 Å². The molecule has 2 N–H and O–H groups in total. The van der Waals surface area contributed by atoms with E-state index in [4.69, 9.17) is 11.6 Å². The number of fused-ring (bicyclic) bond motifs is 1. The fourth-order valence-corrected chi connectivity index (χ4v) is 2.80. The number of aromatic carboxylic acids is 1. The molecule has 0 saturated carbocycles. The fourth-order valence-electron chi connectivity index (χ4n) is 2.53. The minimum absolute atomic E-state index is 0.114. The highest BCUT2D eigenvalue weighted by Gasteiger charge is 2.17. The van der Waals surface area contributed by atoms with Gasteiger partial charge in [-0.25, -0.2) is 4.79 Å². The number of aromatic amines is 1. The fraction of sp³-hybridized carbons (Fsp3) is 0.0588. The third kappa shape index (κ3) is 2.18. The van der Waals surface area contributed by atoms with Gasteiger partial charge in [-0.2, -0.15) is 0 Å². The lowest BCUT2D eigenvalue weighted by atomic mass is 10.00. The van der Waals surface area contributed by atoms with Crippen molar-refractivity contribution in [3.8, 4) is 11.1 Å². The van der Waals surface area contributed by atoms with Gasteiger partial charge < -0.3 is 10.1 Å². The highest BCUT2D eigenvalue weighted by Crippen LogP contribution is 2.33. The second-order valence-electron chi connectivity index (χ2n) is 4.97. The predicted molar refractivity (Wildman–Crippen MR) is 86.7 cm³/mol. The molecule has 0 spiro atoms. The topological polar surface area (TPSA) is 70.2 Å². The average molecular weight is 314 g/mol. The first kappa shape index (κ1) is 14.4. The third-order valence-electron chi connectivity index (χ3n) is 3.64. The standard InChI is InChI=1S/C17H12ClNO3/c1-9-14(17(21)22)19-15-11(16(9)20)7-8-12(18)13(15)10-5-3-2-4-6-10/h2-8H,1H3,(H,19,20)(H,21,22). The number of nitrogens with one attached hydrogen (secondary N) is 1. The minimum Gasteiger partial charge on any atom is -0.477 e. The number of carboxylic acids is 1. The van der Waals surface area contributed by atoms with Crippen molar-refractivity contribution in [1.82, 2.24) is 4.98 Å². The Morgan fingerprint density at radius 2 is 1.82 bits per heavy atom. The quantitative estimate of drug-likeness (QED) is 0.755. The molecular weight excluding hydrogens is 302 g/mol. The van der Waals surface area contributed by atoms with Gasteiger partial charge in [0.2, 0.25) is 0 Å². The molecule has 0 fully saturated rings. The van der Waals surface area contributed by atoms with Gasteiger partial charge in [0.25, 0.3) is 0 Å². The number of hydrogen-bond donors (Lipinski definition) is 2. The van der Waals surface area contributed by atoms with Crippen LogP contribution in [0.5, 0.6) is 0 Å². The Labute approximate surface area is 131 Å². The van der Waals surface area contributed by atoms with E-state index in [0.717, 1.165) is 5.56 Å². The Bertz CT molecular complexity index is 946. The molecule has 110 valence electrons. The summed E-state index contributed by atoms with van der Waals surface area (Å²) in [7, 11) is 0. The molecular formula is C17H12ClNO3. The van der Waals surface area contributed by atoms with Crippen molar-refractivity contribution in [1.29, 1.82) is 0 Å². The lowest BCUT2D eigenvalue weighted by molar-refractivity contribution is 0.0690. The Morgan fingerprint density at radius 3 is 2.45 bits per heavy atom. The first-order chi connectivity index (χ1) is 10.5. The van der Waals surface area contributed by atoms with Crippen LogP contribution in [-0.4, -0.2) is 16.1 Å². The second-order valence-corrected chi connectivity index (χ2v) is 5.38. The van der Waals surface area contributed by atoms with Crippen molar-refractivity contribution in [3.63, 3.8) is 0 Å². The molecule has 5 heteroatoms. The molecule has 0 atom stereocenters. The molecule has 0 bridgehead atoms. The number of pyridine rings is 1. The summed E-state index contributed by atoms with van der Waals surface area (Å²) >= 11 is 6.29. The van der Waals surface area contributed by atoms with Gasteiger partial charge in [-0.1, -0.05) is 41.9 Å². The third-order valence-corrected chi connectivity index (χ3v) is 3.96. The molecule has 4 nitrogen and oxygen atoms in total. The zero-order valence-corrected chi connectivity index (χ0v) is 12.4. The predicted octanol–water partition coefficient (Wildman–Crippen LogP) is 3.86. The van der Waals surface area contributed by atoms with Gasteiger partial charge in [-0.05, 0) is 24.6 Å². The molecule has 2 aromatic carbocycles. The van der Waals surface area contributed by atoms with Gasteiger partial charge in [0.05, 0.1) is 10.5 Å². The van der Waals surface area contributed by atoms with E-state index in [1.165, 1.54) is 6.92 Å². The van der Waals surface area contributed by atoms with E-state index >= 15 is 0 Å². The number of hydrogen-bond acceptors (Lipinski definition) is 2. The molecule has 0 aliphatic carbocycles. The van der Waals surface area contributed by atoms with E-state index in [0.29, 0.717) is 21.5 Å². The van der Waals surface area contributed by atoms with Gasteiger partial charge in [0.1, 0.15) is 5.69 Å². The number of H-pyrrole nitrogens is 1. The summed E-state index contributed by atoms with van der Waals surface area (Å²) in [5, 5.41) is 10.2. The van der Waals surface area contributed by atoms with Crippen LogP contribution >= 0.6 is 11.6 Å². The average Bonchev–Trinajstić information content (AvgIpc) is 2.51. The van der Waals surface area contributed by atoms with Crippen LogP contribution in [0.3, 0.4) is 0 Å². The van der Waals surface area contributed by atoms with Crippen LogP contribution in [0.2, 0.25) is 5.02 Å². The van der Waals surface area contributed by atoms with E-state index in [-0.39, 0.29) is 16.7 Å². The summed E-state index contributed by atoms with van der Waals surface area (Å²) in [6.45, 7) is 1.50. The lowest BCUT2D eigenvalue weighted by Crippen LogP contribution is -2.15. The van der Waals surface area contributed by atoms with Crippen molar-refractivity contribution in [2.45, 2.75) is 6.92 Å². The number of carbonyl (C=O) groups is 1. The van der Waals surface area contributed by atoms with Gasteiger partial charge in [-0.3, -0.25) is 4.79 Å². The summed E-state index contributed by atoms with van der Waals surface area (Å²) in [4.78, 5) is 26.6. The number of carboxylic acid groups (broad SMARTS) is 1. The molecule has 1 heterocycles. The second kappa shape index (κ2) is 5.31. The maximum Gasteiger partial charge on any atom is 0.352 e. The Kier molecular flexibility index (Phi) is 3.47. The van der Waals surface area contributed by atoms with Gasteiger partial charge >= 0.3 is 5.97 Å². The largest absolute Gasteiger partial charge is 0.477 e. The van der Waals surface area contributed by atoms with E-state index < -0.39 is 5.97 Å². The molecule has 3 rings (SSSR count). The van der Waals surface area contributed by atoms with Gasteiger partial charge in [0, 0.05) is 16.5 Å². The van der Waals surface area contributed by atoms with Crippen molar-refractivity contribution in [2.24, 2.45) is 0 Å². The summed E-state index contributed by atoms with van der Waals surface area (Å²) in [6, 6.07) is 12.6. The van der Waals surface area contributed by atoms with Gasteiger partial charge in [-0.15, -0.1) is 0 Å². The van der Waals surface area contributed by atoms with Crippen molar-refractivity contribution < 1.29 is 9.90 Å². The number of benzene rings is 2. The minimum atomic E-state index is -1.17. The first-order valence-electron chi connectivity index (χ1n) is 6.64. The highest BCUT2D eigenvalue weighted by molar-refractivity contribution is 6.35. The molecule has 0 aliphatic heterocycles. The first-order valence-corrected chi connectivity index (χ1v) is 7.02. The molecule has 22 heavy (non-hydrogen) atoms. The van der Waals surface area contributed by atoms with Crippen LogP contribution in [0.25, 0.3) is 22.0 Å². The van der Waals surface area contributed by atoms with Crippen LogP contribution in [0, 0.1) is 6.92 Å². The molecule has 0 amide bonds. The van der Waals surface area contributed by atoms with E-state index in [2.05, 4.69) is 4.98 Å². The zero-order chi connectivity index (χ0) is 15.9. The van der Waals surface area contributed by atoms with Crippen molar-refractivity contribution in [2.75, 3.05) is 0 Å². The summed E-state index contributed by atoms with van der Waals surface area (Å²) in [5.74, 6) is -1.17. The number of halogens is 1. The van der Waals surface area contributed by atoms with Crippen LogP contribution in [-0.2, 0) is 0 Å². The summed E-state index contributed by atoms with van der Waals surface area (Å²) < 4.78 is 0. The van der Waals surface area contributed by atoms with E-state index in [1.54, 1.807) is 12.1 Å². The van der Waals surface area contributed by atoms with Crippen LogP contribution in [0.15, 0.2) is 47.3 Å². The van der Waals surface area contributed by atoms with Crippen LogP contribution in [0.1, 0.15) is 16.1 Å². The number of aromatic nitrogens is 1. The summed E-state index contributed by atoms with van der Waals surface area (Å²) in [5.41, 5.74) is 1.64. The Hall–Kier alpha value is -2.59. The van der Waals surface area contributed by atoms with Crippen LogP contribution in [0.4, 0.5) is 0 Å². The molecule has 0 radical (unpaired) electrons. The SMILES string of the molecule is Cc1c(C(=O)O)[nH]c2c(-c3ccccc3)c(Cl)ccc2c1=O. The molecule has 3 aromatic rings. The maximum absolute atomic E-state index is 12.4. The lowest BCUT2D eigenvalue weighted by Gasteiger charge is -2.11. The summed E-state index contributed by atoms with van der Waals surface area (Å²) in [6.07, 6.45) is 0. The van der Waals surface area contributed by atoms with Gasteiger partial charge in [0.15, 0.2) is 5.43 Å². The normalized spacial score (nSPS) is 10.8. The molecule has 0 saturated heterocycles. The maximum atomic E-state index is 12.4. The Balaban J connectivity index is 2.50. The van der Waals surface area contributed by atoms with E-state index in [9.17, 15) is 14.7 Å².